The highest BCUT2D eigenvalue weighted by Crippen LogP contribution is 2.26. The number of benzene rings is 1. The zero-order valence-electron chi connectivity index (χ0n) is 10.5. The molecule has 0 radical (unpaired) electrons. The number of nitrogens with zero attached hydrogens (tertiary/aromatic N) is 1. The second kappa shape index (κ2) is 5.90. The van der Waals surface area contributed by atoms with E-state index < -0.39 is 12.5 Å². The van der Waals surface area contributed by atoms with Crippen LogP contribution in [0.25, 0.3) is 0 Å². The molecule has 2 aromatic rings. The molecule has 0 fully saturated rings. The fourth-order valence-electron chi connectivity index (χ4n) is 1.53. The van der Waals surface area contributed by atoms with E-state index in [1.54, 1.807) is 12.1 Å². The highest BCUT2D eigenvalue weighted by molar-refractivity contribution is 6.08. The van der Waals surface area contributed by atoms with Crippen LogP contribution in [0.1, 0.15) is 15.9 Å². The van der Waals surface area contributed by atoms with Gasteiger partial charge >= 0.3 is 12.5 Å². The Morgan fingerprint density at radius 2 is 1.76 bits per heavy atom. The summed E-state index contributed by atoms with van der Waals surface area (Å²) in [5.41, 5.74) is 0.572. The quantitative estimate of drug-likeness (QED) is 0.640. The van der Waals surface area contributed by atoms with Gasteiger partial charge in [-0.05, 0) is 36.4 Å². The lowest BCUT2D eigenvalue weighted by atomic mass is 10.1. The maximum Gasteiger partial charge on any atom is 0.457 e. The molecule has 3 nitrogen and oxygen atoms in total. The fourth-order valence-corrected chi connectivity index (χ4v) is 1.53. The first-order chi connectivity index (χ1) is 9.88. The normalized spacial score (nSPS) is 12.8. The Bertz CT molecular complexity index is 611. The molecule has 0 N–H and O–H groups in total. The van der Waals surface area contributed by atoms with Crippen LogP contribution in [0.15, 0.2) is 48.8 Å². The van der Waals surface area contributed by atoms with Gasteiger partial charge in [0.1, 0.15) is 5.75 Å². The van der Waals surface area contributed by atoms with Crippen molar-refractivity contribution < 1.29 is 27.1 Å². The van der Waals surface area contributed by atoms with Gasteiger partial charge in [-0.25, -0.2) is 0 Å². The summed E-state index contributed by atoms with van der Waals surface area (Å²) in [6.45, 7) is 0. The average Bonchev–Trinajstić information content (AvgIpc) is 2.47. The molecule has 2 rings (SSSR count). The highest BCUT2D eigenvalue weighted by atomic mass is 19.4. The van der Waals surface area contributed by atoms with Crippen molar-refractivity contribution in [2.24, 2.45) is 0 Å². The number of hydrogen-bond donors (Lipinski definition) is 0. The minimum Gasteiger partial charge on any atom is -0.452 e. The van der Waals surface area contributed by atoms with Crippen LogP contribution in [0, 0.1) is 0 Å². The molecule has 110 valence electrons. The molecule has 1 heterocycles. The molecule has 0 saturated heterocycles. The number of aromatic nitrogens is 1. The van der Waals surface area contributed by atoms with Gasteiger partial charge in [-0.3, -0.25) is 9.78 Å². The van der Waals surface area contributed by atoms with Gasteiger partial charge in [0.15, 0.2) is 5.78 Å². The number of halogens is 4. The molecule has 0 bridgehead atoms. The van der Waals surface area contributed by atoms with Gasteiger partial charge in [0, 0.05) is 23.5 Å². The number of ether oxygens (including phenoxy) is 1. The highest BCUT2D eigenvalue weighted by Gasteiger charge is 2.42. The lowest BCUT2D eigenvalue weighted by Gasteiger charge is -2.14. The van der Waals surface area contributed by atoms with Crippen molar-refractivity contribution in [1.82, 2.24) is 4.98 Å². The predicted octanol–water partition coefficient (Wildman–Crippen LogP) is 3.55. The van der Waals surface area contributed by atoms with Crippen molar-refractivity contribution in [1.29, 1.82) is 0 Å². The van der Waals surface area contributed by atoms with E-state index >= 15 is 0 Å². The zero-order chi connectivity index (χ0) is 15.5. The number of alkyl halides is 4. The van der Waals surface area contributed by atoms with E-state index in [1.165, 1.54) is 24.5 Å². The van der Waals surface area contributed by atoms with Crippen LogP contribution >= 0.6 is 0 Å². The Hall–Kier alpha value is -2.44. The molecule has 0 saturated carbocycles. The molecule has 1 unspecified atom stereocenters. The topological polar surface area (TPSA) is 39.2 Å². The first-order valence-electron chi connectivity index (χ1n) is 5.80. The van der Waals surface area contributed by atoms with Crippen LogP contribution < -0.4 is 4.74 Å². The van der Waals surface area contributed by atoms with Crippen molar-refractivity contribution in [2.75, 3.05) is 0 Å². The first kappa shape index (κ1) is 15.0. The minimum atomic E-state index is -5.09. The second-order valence-corrected chi connectivity index (χ2v) is 4.07. The standard InChI is InChI=1S/C14H9F4NO2/c15-13(14(16,17)18)21-11-5-3-9(4-6-11)12(20)10-2-1-7-19-8-10/h1-8,13H. The van der Waals surface area contributed by atoms with E-state index in [2.05, 4.69) is 9.72 Å². The van der Waals surface area contributed by atoms with Crippen LogP contribution in [-0.2, 0) is 0 Å². The molecule has 7 heteroatoms. The Labute approximate surface area is 117 Å². The minimum absolute atomic E-state index is 0.234. The van der Waals surface area contributed by atoms with Gasteiger partial charge in [0.25, 0.3) is 0 Å². The molecular formula is C14H9F4NO2. The summed E-state index contributed by atoms with van der Waals surface area (Å²) in [6.07, 6.45) is -5.62. The van der Waals surface area contributed by atoms with E-state index in [0.717, 1.165) is 12.1 Å². The summed E-state index contributed by atoms with van der Waals surface area (Å²) < 4.78 is 52.8. The molecule has 21 heavy (non-hydrogen) atoms. The summed E-state index contributed by atoms with van der Waals surface area (Å²) in [7, 11) is 0. The van der Waals surface area contributed by atoms with Crippen molar-refractivity contribution >= 4 is 5.78 Å². The van der Waals surface area contributed by atoms with Crippen LogP contribution in [-0.4, -0.2) is 23.3 Å². The second-order valence-electron chi connectivity index (χ2n) is 4.07. The summed E-state index contributed by atoms with van der Waals surface area (Å²) >= 11 is 0. The number of rotatable bonds is 4. The third kappa shape index (κ3) is 3.77. The number of carbonyl (C=O) groups excluding carboxylic acids is 1. The maximum absolute atomic E-state index is 12.7. The summed E-state index contributed by atoms with van der Waals surface area (Å²) in [6, 6.07) is 7.86. The van der Waals surface area contributed by atoms with Crippen LogP contribution in [0.5, 0.6) is 5.75 Å². The van der Waals surface area contributed by atoms with Crippen molar-refractivity contribution in [3.63, 3.8) is 0 Å². The smallest absolute Gasteiger partial charge is 0.452 e. The average molecular weight is 299 g/mol. The monoisotopic (exact) mass is 299 g/mol. The number of pyridine rings is 1. The van der Waals surface area contributed by atoms with Gasteiger partial charge in [0.05, 0.1) is 0 Å². The van der Waals surface area contributed by atoms with Crippen molar-refractivity contribution in [3.8, 4) is 5.75 Å². The van der Waals surface area contributed by atoms with E-state index in [-0.39, 0.29) is 17.1 Å². The summed E-state index contributed by atoms with van der Waals surface area (Å²) in [4.78, 5) is 15.8. The molecule has 1 atom stereocenters. The molecule has 0 amide bonds. The molecule has 1 aromatic heterocycles. The lowest BCUT2D eigenvalue weighted by molar-refractivity contribution is -0.236. The molecule has 1 aromatic carbocycles. The van der Waals surface area contributed by atoms with Crippen molar-refractivity contribution in [2.45, 2.75) is 12.5 Å². The van der Waals surface area contributed by atoms with Crippen molar-refractivity contribution in [3.05, 3.63) is 59.9 Å². The van der Waals surface area contributed by atoms with E-state index in [4.69, 9.17) is 0 Å². The molecule has 0 spiro atoms. The number of carbonyl (C=O) groups is 1. The predicted molar refractivity (Wildman–Crippen MR) is 65.7 cm³/mol. The van der Waals surface area contributed by atoms with E-state index in [0.29, 0.717) is 5.56 Å². The third-order valence-electron chi connectivity index (χ3n) is 2.54. The van der Waals surface area contributed by atoms with Crippen LogP contribution in [0.3, 0.4) is 0 Å². The van der Waals surface area contributed by atoms with Gasteiger partial charge in [-0.1, -0.05) is 0 Å². The Balaban J connectivity index is 2.11. The van der Waals surface area contributed by atoms with Crippen LogP contribution in [0.2, 0.25) is 0 Å². The van der Waals surface area contributed by atoms with E-state index in [1.807, 2.05) is 0 Å². The molecule has 0 aliphatic carbocycles. The maximum atomic E-state index is 12.7. The Kier molecular flexibility index (Phi) is 4.21. The van der Waals surface area contributed by atoms with E-state index in [9.17, 15) is 22.4 Å². The third-order valence-corrected chi connectivity index (χ3v) is 2.54. The molecule has 0 aliphatic heterocycles. The van der Waals surface area contributed by atoms with Gasteiger partial charge in [-0.2, -0.15) is 17.6 Å². The van der Waals surface area contributed by atoms with Gasteiger partial charge in [-0.15, -0.1) is 0 Å². The summed E-state index contributed by atoms with van der Waals surface area (Å²) in [5, 5.41) is 0. The first-order valence-corrected chi connectivity index (χ1v) is 5.80. The Morgan fingerprint density at radius 3 is 2.29 bits per heavy atom. The van der Waals surface area contributed by atoms with Gasteiger partial charge < -0.3 is 4.74 Å². The lowest BCUT2D eigenvalue weighted by Crippen LogP contribution is -2.29. The largest absolute Gasteiger partial charge is 0.457 e. The number of hydrogen-bond acceptors (Lipinski definition) is 3. The van der Waals surface area contributed by atoms with Gasteiger partial charge in [0.2, 0.25) is 0 Å². The van der Waals surface area contributed by atoms with Crippen LogP contribution in [0.4, 0.5) is 17.6 Å². The molecule has 0 aliphatic rings. The summed E-state index contributed by atoms with van der Waals surface area (Å²) in [5.74, 6) is -0.662. The SMILES string of the molecule is O=C(c1ccc(OC(F)C(F)(F)F)cc1)c1cccnc1. The number of ketones is 1. The molecular weight excluding hydrogens is 290 g/mol. The zero-order valence-corrected chi connectivity index (χ0v) is 10.5. The Morgan fingerprint density at radius 1 is 1.10 bits per heavy atom. The fraction of sp³-hybridized carbons (Fsp3) is 0.143.